The smallest absolute Gasteiger partial charge is 0.257 e. The van der Waals surface area contributed by atoms with Crippen molar-refractivity contribution in [2.75, 3.05) is 45.9 Å². The Balaban J connectivity index is 1.67. The van der Waals surface area contributed by atoms with Gasteiger partial charge in [-0.15, -0.1) is 0 Å². The van der Waals surface area contributed by atoms with Crippen molar-refractivity contribution in [3.8, 4) is 5.75 Å². The predicted molar refractivity (Wildman–Crippen MR) is 104 cm³/mol. The standard InChI is InChI=1S/C21H32N2O4/c1-4-26-20-8-6-5-7-19(20)21(25)23-12-17(18(13-23)14-24)11-22-9-15(2)27-16(3)10-22/h5-8,15-18,24H,4,9-14H2,1-3H3. The second-order valence-electron chi connectivity index (χ2n) is 7.82. The van der Waals surface area contributed by atoms with Crippen LogP contribution >= 0.6 is 0 Å². The highest BCUT2D eigenvalue weighted by molar-refractivity contribution is 5.97. The van der Waals surface area contributed by atoms with Crippen LogP contribution in [0.5, 0.6) is 5.75 Å². The number of likely N-dealkylation sites (tertiary alicyclic amines) is 1. The van der Waals surface area contributed by atoms with Crippen LogP contribution < -0.4 is 4.74 Å². The zero-order chi connectivity index (χ0) is 19.4. The first-order chi connectivity index (χ1) is 13.0. The molecule has 1 aromatic carbocycles. The molecule has 1 N–H and O–H groups in total. The summed E-state index contributed by atoms with van der Waals surface area (Å²) >= 11 is 0. The summed E-state index contributed by atoms with van der Waals surface area (Å²) in [5.74, 6) is 1.01. The molecule has 0 aromatic heterocycles. The number of ether oxygens (including phenoxy) is 2. The third-order valence-electron chi connectivity index (χ3n) is 5.50. The van der Waals surface area contributed by atoms with E-state index in [1.54, 1.807) is 0 Å². The number of aliphatic hydroxyl groups is 1. The number of nitrogens with zero attached hydrogens (tertiary/aromatic N) is 2. The zero-order valence-corrected chi connectivity index (χ0v) is 16.6. The highest BCUT2D eigenvalue weighted by Crippen LogP contribution is 2.29. The van der Waals surface area contributed by atoms with Crippen molar-refractivity contribution >= 4 is 5.91 Å². The minimum Gasteiger partial charge on any atom is -0.493 e. The molecule has 2 aliphatic heterocycles. The number of morpholine rings is 1. The Bertz CT molecular complexity index is 628. The van der Waals surface area contributed by atoms with Crippen molar-refractivity contribution < 1.29 is 19.4 Å². The van der Waals surface area contributed by atoms with E-state index in [0.717, 1.165) is 19.6 Å². The molecule has 3 rings (SSSR count). The summed E-state index contributed by atoms with van der Waals surface area (Å²) in [7, 11) is 0. The number of carbonyl (C=O) groups is 1. The molecule has 0 radical (unpaired) electrons. The Hall–Kier alpha value is -1.63. The molecule has 1 aromatic rings. The van der Waals surface area contributed by atoms with Crippen molar-refractivity contribution in [3.05, 3.63) is 29.8 Å². The van der Waals surface area contributed by atoms with Gasteiger partial charge in [-0.05, 0) is 38.8 Å². The lowest BCUT2D eigenvalue weighted by atomic mass is 9.96. The molecule has 0 aliphatic carbocycles. The van der Waals surface area contributed by atoms with Crippen LogP contribution in [0.4, 0.5) is 0 Å². The average molecular weight is 376 g/mol. The highest BCUT2D eigenvalue weighted by Gasteiger charge is 2.37. The summed E-state index contributed by atoms with van der Waals surface area (Å²) in [5, 5.41) is 9.87. The molecule has 1 amide bonds. The number of aliphatic hydroxyl groups excluding tert-OH is 1. The van der Waals surface area contributed by atoms with Gasteiger partial charge in [0.2, 0.25) is 0 Å². The van der Waals surface area contributed by atoms with Gasteiger partial charge < -0.3 is 19.5 Å². The summed E-state index contributed by atoms with van der Waals surface area (Å²) in [6.45, 7) is 10.7. The molecule has 0 spiro atoms. The van der Waals surface area contributed by atoms with Crippen LogP contribution in [0.15, 0.2) is 24.3 Å². The number of carbonyl (C=O) groups excluding carboxylic acids is 1. The monoisotopic (exact) mass is 376 g/mol. The van der Waals surface area contributed by atoms with Crippen molar-refractivity contribution in [1.82, 2.24) is 9.80 Å². The zero-order valence-electron chi connectivity index (χ0n) is 16.6. The van der Waals surface area contributed by atoms with Crippen LogP contribution in [-0.4, -0.2) is 79.0 Å². The third-order valence-corrected chi connectivity index (χ3v) is 5.50. The molecule has 150 valence electrons. The first kappa shape index (κ1) is 20.1. The number of benzene rings is 1. The number of rotatable bonds is 6. The Labute approximate surface area is 162 Å². The lowest BCUT2D eigenvalue weighted by Crippen LogP contribution is -2.48. The molecule has 6 heteroatoms. The number of hydrogen-bond donors (Lipinski definition) is 1. The van der Waals surface area contributed by atoms with Crippen LogP contribution in [0.25, 0.3) is 0 Å². The second kappa shape index (κ2) is 9.04. The quantitative estimate of drug-likeness (QED) is 0.821. The molecule has 0 saturated carbocycles. The van der Waals surface area contributed by atoms with E-state index in [-0.39, 0.29) is 36.6 Å². The van der Waals surface area contributed by atoms with Crippen LogP contribution in [0, 0.1) is 11.8 Å². The molecule has 2 heterocycles. The Morgan fingerprint density at radius 3 is 2.48 bits per heavy atom. The van der Waals surface area contributed by atoms with E-state index < -0.39 is 0 Å². The van der Waals surface area contributed by atoms with E-state index in [1.807, 2.05) is 36.1 Å². The van der Waals surface area contributed by atoms with Gasteiger partial charge in [0.05, 0.1) is 24.4 Å². The fourth-order valence-electron chi connectivity index (χ4n) is 4.38. The molecular weight excluding hydrogens is 344 g/mol. The highest BCUT2D eigenvalue weighted by atomic mass is 16.5. The van der Waals surface area contributed by atoms with Gasteiger partial charge in [0.25, 0.3) is 5.91 Å². The molecule has 2 aliphatic rings. The first-order valence-corrected chi connectivity index (χ1v) is 10.0. The maximum absolute atomic E-state index is 13.1. The summed E-state index contributed by atoms with van der Waals surface area (Å²) in [6, 6.07) is 7.40. The number of para-hydroxylation sites is 1. The SMILES string of the molecule is CCOc1ccccc1C(=O)N1CC(CO)C(CN2CC(C)OC(C)C2)C1. The van der Waals surface area contributed by atoms with Crippen molar-refractivity contribution in [2.45, 2.75) is 33.0 Å². The normalized spacial score (nSPS) is 29.1. The first-order valence-electron chi connectivity index (χ1n) is 10.0. The Morgan fingerprint density at radius 1 is 1.15 bits per heavy atom. The Kier molecular flexibility index (Phi) is 6.73. The lowest BCUT2D eigenvalue weighted by molar-refractivity contribution is -0.0726. The van der Waals surface area contributed by atoms with Crippen molar-refractivity contribution in [3.63, 3.8) is 0 Å². The summed E-state index contributed by atoms with van der Waals surface area (Å²) in [5.41, 5.74) is 0.602. The molecule has 27 heavy (non-hydrogen) atoms. The van der Waals surface area contributed by atoms with Gasteiger partial charge in [-0.3, -0.25) is 9.69 Å². The number of hydrogen-bond acceptors (Lipinski definition) is 5. The topological polar surface area (TPSA) is 62.2 Å². The maximum Gasteiger partial charge on any atom is 0.257 e. The molecule has 6 nitrogen and oxygen atoms in total. The van der Waals surface area contributed by atoms with E-state index in [9.17, 15) is 9.90 Å². The van der Waals surface area contributed by atoms with E-state index in [0.29, 0.717) is 31.0 Å². The molecule has 0 bridgehead atoms. The summed E-state index contributed by atoms with van der Waals surface area (Å²) in [6.07, 6.45) is 0.442. The van der Waals surface area contributed by atoms with Gasteiger partial charge >= 0.3 is 0 Å². The molecule has 4 unspecified atom stereocenters. The van der Waals surface area contributed by atoms with E-state index in [4.69, 9.17) is 9.47 Å². The minimum absolute atomic E-state index is 0.0105. The van der Waals surface area contributed by atoms with Crippen LogP contribution in [-0.2, 0) is 4.74 Å². The molecule has 2 saturated heterocycles. The number of amides is 1. The molecular formula is C21H32N2O4. The predicted octanol–water partition coefficient (Wildman–Crippen LogP) is 1.87. The van der Waals surface area contributed by atoms with Gasteiger partial charge in [-0.2, -0.15) is 0 Å². The van der Waals surface area contributed by atoms with E-state index in [1.165, 1.54) is 0 Å². The van der Waals surface area contributed by atoms with E-state index >= 15 is 0 Å². The fourth-order valence-corrected chi connectivity index (χ4v) is 4.38. The lowest BCUT2D eigenvalue weighted by Gasteiger charge is -2.37. The second-order valence-corrected chi connectivity index (χ2v) is 7.82. The van der Waals surface area contributed by atoms with Crippen molar-refractivity contribution in [2.24, 2.45) is 11.8 Å². The van der Waals surface area contributed by atoms with Gasteiger partial charge in [0.1, 0.15) is 5.75 Å². The largest absolute Gasteiger partial charge is 0.493 e. The fraction of sp³-hybridized carbons (Fsp3) is 0.667. The third kappa shape index (κ3) is 4.81. The van der Waals surface area contributed by atoms with Crippen molar-refractivity contribution in [1.29, 1.82) is 0 Å². The Morgan fingerprint density at radius 2 is 1.81 bits per heavy atom. The minimum atomic E-state index is -0.0105. The van der Waals surface area contributed by atoms with Crippen LogP contribution in [0.3, 0.4) is 0 Å². The molecule has 4 atom stereocenters. The summed E-state index contributed by atoms with van der Waals surface area (Å²) in [4.78, 5) is 17.4. The van der Waals surface area contributed by atoms with Gasteiger partial charge in [0.15, 0.2) is 0 Å². The maximum atomic E-state index is 13.1. The van der Waals surface area contributed by atoms with Gasteiger partial charge in [-0.1, -0.05) is 12.1 Å². The van der Waals surface area contributed by atoms with Gasteiger partial charge in [0, 0.05) is 45.2 Å². The average Bonchev–Trinajstić information content (AvgIpc) is 3.04. The van der Waals surface area contributed by atoms with Crippen LogP contribution in [0.1, 0.15) is 31.1 Å². The van der Waals surface area contributed by atoms with E-state index in [2.05, 4.69) is 18.7 Å². The van der Waals surface area contributed by atoms with Crippen LogP contribution in [0.2, 0.25) is 0 Å². The van der Waals surface area contributed by atoms with Gasteiger partial charge in [-0.25, -0.2) is 0 Å². The summed E-state index contributed by atoms with van der Waals surface area (Å²) < 4.78 is 11.4. The molecule has 2 fully saturated rings.